The minimum Gasteiger partial charge on any atom is -0.379 e. The van der Waals surface area contributed by atoms with Crippen LogP contribution in [0.5, 0.6) is 5.75 Å². The topological polar surface area (TPSA) is 43.4 Å². The molecule has 0 heterocycles. The third kappa shape index (κ3) is 5.42. The van der Waals surface area contributed by atoms with Gasteiger partial charge in [-0.25, -0.2) is 0 Å². The number of para-hydroxylation sites is 1. The quantitative estimate of drug-likeness (QED) is 0.235. The van der Waals surface area contributed by atoms with Gasteiger partial charge in [0, 0.05) is 5.56 Å². The van der Waals surface area contributed by atoms with Gasteiger partial charge in [-0.05, 0) is 34.9 Å². The summed E-state index contributed by atoms with van der Waals surface area (Å²) < 4.78 is 31.8. The molecule has 0 aliphatic carbocycles. The molecule has 0 unspecified atom stereocenters. The summed E-state index contributed by atoms with van der Waals surface area (Å²) in [5.74, 6) is 0.274. The molecule has 0 radical (unpaired) electrons. The summed E-state index contributed by atoms with van der Waals surface area (Å²) in [4.78, 5) is 0.115. The molecule has 0 saturated heterocycles. The second kappa shape index (κ2) is 9.94. The Labute approximate surface area is 189 Å². The SMILES string of the molecule is O=S(=O)(Oc1ccccc1)c1cccc(C=Cc2ccccc2)c1C=Cc1ccccc1. The smallest absolute Gasteiger partial charge is 0.339 e. The first kappa shape index (κ1) is 21.3. The van der Waals surface area contributed by atoms with Gasteiger partial charge in [-0.2, -0.15) is 8.42 Å². The van der Waals surface area contributed by atoms with Crippen LogP contribution in [-0.4, -0.2) is 8.42 Å². The van der Waals surface area contributed by atoms with Crippen molar-refractivity contribution in [2.24, 2.45) is 0 Å². The molecule has 0 aliphatic heterocycles. The number of hydrogen-bond donors (Lipinski definition) is 0. The van der Waals surface area contributed by atoms with Crippen molar-refractivity contribution in [2.45, 2.75) is 4.90 Å². The zero-order valence-electron chi connectivity index (χ0n) is 17.3. The standard InChI is InChI=1S/C28H22O3S/c29-32(30,31-26-16-8-3-9-17-26)28-18-10-15-25(21-19-23-11-4-1-5-12-23)27(28)22-20-24-13-6-2-7-14-24/h1-22H. The average molecular weight is 439 g/mol. The summed E-state index contributed by atoms with van der Waals surface area (Å²) in [5, 5.41) is 0. The van der Waals surface area contributed by atoms with Crippen LogP contribution in [0.2, 0.25) is 0 Å². The lowest BCUT2D eigenvalue weighted by atomic mass is 10.0. The summed E-state index contributed by atoms with van der Waals surface area (Å²) in [5.41, 5.74) is 3.35. The van der Waals surface area contributed by atoms with E-state index in [1.165, 1.54) is 0 Å². The summed E-state index contributed by atoms with van der Waals surface area (Å²) in [6, 6.07) is 33.3. The highest BCUT2D eigenvalue weighted by atomic mass is 32.2. The van der Waals surface area contributed by atoms with Crippen molar-refractivity contribution in [3.8, 4) is 5.75 Å². The van der Waals surface area contributed by atoms with Crippen LogP contribution in [0.25, 0.3) is 24.3 Å². The Morgan fingerprint density at radius 1 is 0.531 bits per heavy atom. The van der Waals surface area contributed by atoms with Gasteiger partial charge in [-0.3, -0.25) is 0 Å². The zero-order chi connectivity index (χ0) is 22.2. The predicted molar refractivity (Wildman–Crippen MR) is 131 cm³/mol. The van der Waals surface area contributed by atoms with E-state index in [4.69, 9.17) is 4.18 Å². The van der Waals surface area contributed by atoms with E-state index in [1.807, 2.05) is 97.1 Å². The van der Waals surface area contributed by atoms with Gasteiger partial charge in [0.25, 0.3) is 0 Å². The molecule has 0 atom stereocenters. The fourth-order valence-corrected chi connectivity index (χ4v) is 4.40. The predicted octanol–water partition coefficient (Wildman–Crippen LogP) is 6.80. The molecule has 4 aromatic rings. The van der Waals surface area contributed by atoms with Crippen LogP contribution in [0.3, 0.4) is 0 Å². The second-order valence-electron chi connectivity index (χ2n) is 7.10. The summed E-state index contributed by atoms with van der Waals surface area (Å²) in [6.07, 6.45) is 7.60. The minimum atomic E-state index is -4.04. The Hall–Kier alpha value is -3.89. The molecule has 158 valence electrons. The van der Waals surface area contributed by atoms with Crippen LogP contribution in [0.1, 0.15) is 22.3 Å². The molecule has 32 heavy (non-hydrogen) atoms. The first-order valence-electron chi connectivity index (χ1n) is 10.2. The van der Waals surface area contributed by atoms with Crippen molar-refractivity contribution >= 4 is 34.4 Å². The van der Waals surface area contributed by atoms with Crippen LogP contribution in [0.15, 0.2) is 114 Å². The molecule has 0 spiro atoms. The Bertz CT molecular complexity index is 1330. The fourth-order valence-electron chi connectivity index (χ4n) is 3.24. The lowest BCUT2D eigenvalue weighted by Gasteiger charge is -2.12. The molecule has 0 aliphatic rings. The Kier molecular flexibility index (Phi) is 6.63. The van der Waals surface area contributed by atoms with Gasteiger partial charge in [-0.15, -0.1) is 0 Å². The number of benzene rings is 4. The number of rotatable bonds is 7. The maximum Gasteiger partial charge on any atom is 0.339 e. The minimum absolute atomic E-state index is 0.115. The highest BCUT2D eigenvalue weighted by Gasteiger charge is 2.21. The van der Waals surface area contributed by atoms with Crippen molar-refractivity contribution < 1.29 is 12.6 Å². The molecule has 4 aromatic carbocycles. The Balaban J connectivity index is 1.78. The summed E-state index contributed by atoms with van der Waals surface area (Å²) in [6.45, 7) is 0. The van der Waals surface area contributed by atoms with E-state index in [2.05, 4.69) is 0 Å². The van der Waals surface area contributed by atoms with Gasteiger partial charge in [0.05, 0.1) is 0 Å². The third-order valence-corrected chi connectivity index (χ3v) is 6.12. The Morgan fingerprint density at radius 2 is 1.06 bits per heavy atom. The monoisotopic (exact) mass is 438 g/mol. The highest BCUT2D eigenvalue weighted by Crippen LogP contribution is 2.27. The first-order chi connectivity index (χ1) is 15.6. The van der Waals surface area contributed by atoms with Crippen LogP contribution >= 0.6 is 0 Å². The van der Waals surface area contributed by atoms with E-state index in [1.54, 1.807) is 36.4 Å². The molecule has 4 rings (SSSR count). The van der Waals surface area contributed by atoms with E-state index in [-0.39, 0.29) is 10.6 Å². The largest absolute Gasteiger partial charge is 0.379 e. The zero-order valence-corrected chi connectivity index (χ0v) is 18.2. The van der Waals surface area contributed by atoms with Crippen molar-refractivity contribution in [1.82, 2.24) is 0 Å². The van der Waals surface area contributed by atoms with Gasteiger partial charge in [0.1, 0.15) is 10.6 Å². The lowest BCUT2D eigenvalue weighted by molar-refractivity contribution is 0.486. The van der Waals surface area contributed by atoms with Gasteiger partial charge in [0.2, 0.25) is 0 Å². The van der Waals surface area contributed by atoms with Gasteiger partial charge < -0.3 is 4.18 Å². The van der Waals surface area contributed by atoms with Gasteiger partial charge in [0.15, 0.2) is 0 Å². The summed E-state index contributed by atoms with van der Waals surface area (Å²) >= 11 is 0. The molecule has 0 saturated carbocycles. The van der Waals surface area contributed by atoms with Crippen molar-refractivity contribution in [1.29, 1.82) is 0 Å². The van der Waals surface area contributed by atoms with E-state index in [0.717, 1.165) is 16.7 Å². The molecule has 0 N–H and O–H groups in total. The molecule has 0 bridgehead atoms. The van der Waals surface area contributed by atoms with Gasteiger partial charge >= 0.3 is 10.1 Å². The maximum atomic E-state index is 13.2. The van der Waals surface area contributed by atoms with Crippen molar-refractivity contribution in [3.05, 3.63) is 131 Å². The maximum absolute atomic E-state index is 13.2. The van der Waals surface area contributed by atoms with Crippen LogP contribution in [0, 0.1) is 0 Å². The molecule has 4 heteroatoms. The molecule has 0 amide bonds. The van der Waals surface area contributed by atoms with E-state index in [0.29, 0.717) is 5.56 Å². The van der Waals surface area contributed by atoms with E-state index < -0.39 is 10.1 Å². The molecule has 3 nitrogen and oxygen atoms in total. The van der Waals surface area contributed by atoms with Crippen LogP contribution in [0.4, 0.5) is 0 Å². The second-order valence-corrected chi connectivity index (χ2v) is 8.61. The van der Waals surface area contributed by atoms with E-state index in [9.17, 15) is 8.42 Å². The van der Waals surface area contributed by atoms with Crippen LogP contribution < -0.4 is 4.18 Å². The molecular formula is C28H22O3S. The first-order valence-corrected chi connectivity index (χ1v) is 11.6. The lowest BCUT2D eigenvalue weighted by Crippen LogP contribution is -2.11. The fraction of sp³-hybridized carbons (Fsp3) is 0. The average Bonchev–Trinajstić information content (AvgIpc) is 2.83. The van der Waals surface area contributed by atoms with E-state index >= 15 is 0 Å². The summed E-state index contributed by atoms with van der Waals surface area (Å²) in [7, 11) is -4.04. The van der Waals surface area contributed by atoms with Gasteiger partial charge in [-0.1, -0.05) is 115 Å². The van der Waals surface area contributed by atoms with Crippen LogP contribution in [-0.2, 0) is 10.1 Å². The van der Waals surface area contributed by atoms with Crippen molar-refractivity contribution in [2.75, 3.05) is 0 Å². The third-order valence-electron chi connectivity index (χ3n) is 4.82. The molecule has 0 aromatic heterocycles. The molecule has 0 fully saturated rings. The molecular weight excluding hydrogens is 416 g/mol. The highest BCUT2D eigenvalue weighted by molar-refractivity contribution is 7.87. The normalized spacial score (nSPS) is 11.8. The van der Waals surface area contributed by atoms with Crippen molar-refractivity contribution in [3.63, 3.8) is 0 Å². The number of hydrogen-bond acceptors (Lipinski definition) is 3. The Morgan fingerprint density at radius 3 is 1.66 bits per heavy atom.